The third kappa shape index (κ3) is 41.3. The van der Waals surface area contributed by atoms with Gasteiger partial charge in [-0.1, -0.05) is 207 Å². The van der Waals surface area contributed by atoms with Gasteiger partial charge >= 0.3 is 5.97 Å². The predicted molar refractivity (Wildman–Crippen MR) is 259 cm³/mol. The number of ether oxygens (including phenoxy) is 1. The summed E-state index contributed by atoms with van der Waals surface area (Å²) < 4.78 is 5.86. The maximum atomic E-state index is 13.1. The zero-order chi connectivity index (χ0) is 43.8. The molecular formula is C54H89NO5. The van der Waals surface area contributed by atoms with E-state index >= 15 is 0 Å². The third-order valence-corrected chi connectivity index (χ3v) is 10.2. The molecule has 0 fully saturated rings. The maximum Gasteiger partial charge on any atom is 0.306 e. The van der Waals surface area contributed by atoms with Crippen LogP contribution >= 0.6 is 0 Å². The van der Waals surface area contributed by atoms with Crippen molar-refractivity contribution in [1.82, 2.24) is 5.32 Å². The van der Waals surface area contributed by atoms with Crippen molar-refractivity contribution in [3.05, 3.63) is 109 Å². The van der Waals surface area contributed by atoms with Crippen molar-refractivity contribution >= 4 is 11.9 Å². The number of carbonyl (C=O) groups is 2. The molecule has 0 aromatic carbocycles. The fraction of sp³-hybridized carbons (Fsp3) is 0.630. The first kappa shape index (κ1) is 56.5. The highest BCUT2D eigenvalue weighted by Gasteiger charge is 2.24. The number of hydrogen-bond acceptors (Lipinski definition) is 5. The monoisotopic (exact) mass is 832 g/mol. The number of unbranched alkanes of at least 4 members (excludes halogenated alkanes) is 14. The van der Waals surface area contributed by atoms with Gasteiger partial charge in [-0.3, -0.25) is 9.59 Å². The highest BCUT2D eigenvalue weighted by molar-refractivity contribution is 5.77. The Morgan fingerprint density at radius 1 is 0.517 bits per heavy atom. The molecule has 0 aromatic rings. The van der Waals surface area contributed by atoms with Gasteiger partial charge in [0, 0.05) is 6.42 Å². The Kier molecular flexibility index (Phi) is 43.9. The number of carbonyl (C=O) groups excluding carboxylic acids is 2. The van der Waals surface area contributed by atoms with Crippen LogP contribution < -0.4 is 5.32 Å². The predicted octanol–water partition coefficient (Wildman–Crippen LogP) is 14.3. The van der Waals surface area contributed by atoms with Crippen molar-refractivity contribution in [2.45, 2.75) is 212 Å². The molecule has 3 unspecified atom stereocenters. The number of allylic oxidation sites excluding steroid dienone is 18. The van der Waals surface area contributed by atoms with Crippen LogP contribution in [0.15, 0.2) is 109 Å². The highest BCUT2D eigenvalue weighted by atomic mass is 16.5. The summed E-state index contributed by atoms with van der Waals surface area (Å²) in [7, 11) is 0. The first-order valence-corrected chi connectivity index (χ1v) is 24.2. The fourth-order valence-corrected chi connectivity index (χ4v) is 6.55. The summed E-state index contributed by atoms with van der Waals surface area (Å²) in [4.78, 5) is 26.0. The Labute approximate surface area is 368 Å². The molecule has 0 rings (SSSR count). The van der Waals surface area contributed by atoms with E-state index in [1.54, 1.807) is 0 Å². The molecule has 0 aromatic heterocycles. The van der Waals surface area contributed by atoms with Gasteiger partial charge in [0.15, 0.2) is 0 Å². The van der Waals surface area contributed by atoms with Crippen LogP contribution in [0.1, 0.15) is 194 Å². The summed E-state index contributed by atoms with van der Waals surface area (Å²) in [5.74, 6) is -0.625. The molecule has 0 aliphatic rings. The molecule has 6 heteroatoms. The molecule has 60 heavy (non-hydrogen) atoms. The summed E-state index contributed by atoms with van der Waals surface area (Å²) in [5, 5.41) is 23.6. The van der Waals surface area contributed by atoms with Crippen LogP contribution in [0.5, 0.6) is 0 Å². The van der Waals surface area contributed by atoms with Gasteiger partial charge in [0.25, 0.3) is 0 Å². The van der Waals surface area contributed by atoms with E-state index in [0.29, 0.717) is 19.3 Å². The Morgan fingerprint density at radius 2 is 0.967 bits per heavy atom. The van der Waals surface area contributed by atoms with Gasteiger partial charge in [-0.2, -0.15) is 0 Å². The number of aliphatic hydroxyl groups excluding tert-OH is 2. The van der Waals surface area contributed by atoms with Gasteiger partial charge < -0.3 is 20.3 Å². The van der Waals surface area contributed by atoms with E-state index in [0.717, 1.165) is 83.5 Å². The van der Waals surface area contributed by atoms with Crippen LogP contribution in [0, 0.1) is 0 Å². The molecule has 0 saturated heterocycles. The van der Waals surface area contributed by atoms with E-state index in [1.165, 1.54) is 57.8 Å². The van der Waals surface area contributed by atoms with Gasteiger partial charge in [0.2, 0.25) is 5.91 Å². The molecule has 1 amide bonds. The van der Waals surface area contributed by atoms with Crippen LogP contribution in [0.3, 0.4) is 0 Å². The molecule has 3 atom stereocenters. The Morgan fingerprint density at radius 3 is 1.52 bits per heavy atom. The Bertz CT molecular complexity index is 1250. The van der Waals surface area contributed by atoms with E-state index < -0.39 is 18.2 Å². The largest absolute Gasteiger partial charge is 0.462 e. The number of esters is 1. The smallest absolute Gasteiger partial charge is 0.306 e. The van der Waals surface area contributed by atoms with E-state index in [9.17, 15) is 19.8 Å². The van der Waals surface area contributed by atoms with Crippen molar-refractivity contribution in [1.29, 1.82) is 0 Å². The molecule has 0 aliphatic carbocycles. The number of hydrogen-bond donors (Lipinski definition) is 3. The van der Waals surface area contributed by atoms with Gasteiger partial charge in [-0.25, -0.2) is 0 Å². The lowest BCUT2D eigenvalue weighted by atomic mass is 10.0. The van der Waals surface area contributed by atoms with Crippen LogP contribution in [0.25, 0.3) is 0 Å². The first-order chi connectivity index (χ1) is 29.5. The van der Waals surface area contributed by atoms with Crippen molar-refractivity contribution in [2.24, 2.45) is 0 Å². The lowest BCUT2D eigenvalue weighted by molar-refractivity contribution is -0.150. The average Bonchev–Trinajstić information content (AvgIpc) is 3.24. The van der Waals surface area contributed by atoms with Crippen LogP contribution in [-0.2, 0) is 14.3 Å². The normalized spacial score (nSPS) is 14.3. The summed E-state index contributed by atoms with van der Waals surface area (Å²) in [6.07, 6.45) is 62.9. The second kappa shape index (κ2) is 46.6. The van der Waals surface area contributed by atoms with Gasteiger partial charge in [0.1, 0.15) is 6.10 Å². The average molecular weight is 832 g/mol. The quantitative estimate of drug-likeness (QED) is 0.0247. The molecule has 0 aliphatic heterocycles. The SMILES string of the molecule is CC/C=C/C/C=C/C/C=C/C/C=C/C/C=C/CCC(=O)OC(CCCCC/C=C/C=C/C=C/C=C/CCCCC)CC(=O)NC(CO)C(O)CCCCCCCCCCC. The summed E-state index contributed by atoms with van der Waals surface area (Å²) >= 11 is 0. The summed E-state index contributed by atoms with van der Waals surface area (Å²) in [6.45, 7) is 6.26. The molecule has 0 radical (unpaired) electrons. The van der Waals surface area contributed by atoms with E-state index in [1.807, 2.05) is 24.3 Å². The van der Waals surface area contributed by atoms with E-state index in [4.69, 9.17) is 4.74 Å². The van der Waals surface area contributed by atoms with Crippen molar-refractivity contribution < 1.29 is 24.5 Å². The van der Waals surface area contributed by atoms with Gasteiger partial charge in [0.05, 0.1) is 25.2 Å². The lowest BCUT2D eigenvalue weighted by Crippen LogP contribution is -2.46. The molecule has 6 nitrogen and oxygen atoms in total. The molecule has 340 valence electrons. The van der Waals surface area contributed by atoms with Crippen LogP contribution in [0.4, 0.5) is 0 Å². The van der Waals surface area contributed by atoms with E-state index in [2.05, 4.69) is 111 Å². The standard InChI is InChI=1S/C54H89NO5/c1-4-7-10-13-16-19-21-23-25-27-29-31-34-36-39-42-45-50(48-53(58)55-51(49-56)52(57)46-43-40-37-33-18-15-12-9-6-3)60-54(59)47-44-41-38-35-32-30-28-26-24-22-20-17-14-11-8-5-2/h8,11,16-17,19-21,23-27,29-32,38,41,50-52,56-57H,4-7,9-10,12-15,18,22,28,33-37,39-40,42-49H2,1-3H3,(H,55,58)/b11-8+,19-16+,20-17+,23-21+,26-24+,27-25+,31-29+,32-30+,41-38+. The van der Waals surface area contributed by atoms with Crippen molar-refractivity contribution in [2.75, 3.05) is 6.61 Å². The van der Waals surface area contributed by atoms with Crippen molar-refractivity contribution in [3.63, 3.8) is 0 Å². The van der Waals surface area contributed by atoms with Gasteiger partial charge in [-0.05, 0) is 83.5 Å². The molecule has 3 N–H and O–H groups in total. The molecule has 0 spiro atoms. The molecule has 0 saturated carbocycles. The van der Waals surface area contributed by atoms with Crippen molar-refractivity contribution in [3.8, 4) is 0 Å². The fourth-order valence-electron chi connectivity index (χ4n) is 6.55. The topological polar surface area (TPSA) is 95.9 Å². The zero-order valence-electron chi connectivity index (χ0n) is 38.5. The van der Waals surface area contributed by atoms with Gasteiger partial charge in [-0.15, -0.1) is 0 Å². The lowest BCUT2D eigenvalue weighted by Gasteiger charge is -2.24. The number of rotatable bonds is 41. The Hall–Kier alpha value is -3.48. The van der Waals surface area contributed by atoms with E-state index in [-0.39, 0.29) is 31.3 Å². The second-order valence-electron chi connectivity index (χ2n) is 15.9. The first-order valence-electron chi connectivity index (χ1n) is 24.2. The zero-order valence-corrected chi connectivity index (χ0v) is 38.5. The second-order valence-corrected chi connectivity index (χ2v) is 15.9. The Balaban J connectivity index is 4.84. The minimum absolute atomic E-state index is 0.0147. The minimum atomic E-state index is -0.816. The van der Waals surface area contributed by atoms with Crippen LogP contribution in [-0.4, -0.2) is 46.9 Å². The highest BCUT2D eigenvalue weighted by Crippen LogP contribution is 2.16. The summed E-state index contributed by atoms with van der Waals surface area (Å²) in [5.41, 5.74) is 0. The third-order valence-electron chi connectivity index (χ3n) is 10.2. The molecule has 0 heterocycles. The summed E-state index contributed by atoms with van der Waals surface area (Å²) in [6, 6.07) is -0.735. The molecular weight excluding hydrogens is 743 g/mol. The minimum Gasteiger partial charge on any atom is -0.462 e. The molecule has 0 bridgehead atoms. The number of aliphatic hydroxyl groups is 2. The maximum absolute atomic E-state index is 13.1. The van der Waals surface area contributed by atoms with Crippen LogP contribution in [0.2, 0.25) is 0 Å². The number of amides is 1. The number of nitrogens with one attached hydrogen (secondary N) is 1.